The summed E-state index contributed by atoms with van der Waals surface area (Å²) in [5, 5.41) is 0. The van der Waals surface area contributed by atoms with Gasteiger partial charge in [-0.3, -0.25) is 4.79 Å². The maximum atomic E-state index is 11.9. The number of allylic oxidation sites excluding steroid dienone is 2. The third-order valence-corrected chi connectivity index (χ3v) is 5.11. The summed E-state index contributed by atoms with van der Waals surface area (Å²) in [7, 11) is 0. The molecule has 0 aliphatic carbocycles. The van der Waals surface area contributed by atoms with E-state index in [1.165, 1.54) is 57.8 Å². The molecule has 1 aliphatic rings. The molecule has 0 saturated carbocycles. The second kappa shape index (κ2) is 16.1. The summed E-state index contributed by atoms with van der Waals surface area (Å²) in [4.78, 5) is 11.9. The van der Waals surface area contributed by atoms with Crippen molar-refractivity contribution < 1.29 is 19.0 Å². The molecule has 28 heavy (non-hydrogen) atoms. The van der Waals surface area contributed by atoms with Crippen LogP contribution in [0.5, 0.6) is 0 Å². The molecule has 1 aliphatic heterocycles. The fourth-order valence-electron chi connectivity index (χ4n) is 3.45. The van der Waals surface area contributed by atoms with Crippen LogP contribution in [0.2, 0.25) is 0 Å². The zero-order valence-electron chi connectivity index (χ0n) is 18.7. The summed E-state index contributed by atoms with van der Waals surface area (Å²) in [6.07, 6.45) is 19.3. The van der Waals surface area contributed by atoms with E-state index in [1.54, 1.807) is 6.08 Å². The topological polar surface area (TPSA) is 44.8 Å². The fraction of sp³-hybridized carbons (Fsp3) is 0.875. The summed E-state index contributed by atoms with van der Waals surface area (Å²) in [5.41, 5.74) is 0. The van der Waals surface area contributed by atoms with Gasteiger partial charge >= 0.3 is 0 Å². The first kappa shape index (κ1) is 25.3. The van der Waals surface area contributed by atoms with Crippen molar-refractivity contribution in [2.24, 2.45) is 0 Å². The molecule has 0 spiro atoms. The number of ether oxygens (including phenoxy) is 3. The number of carbonyl (C=O) groups excluding carboxylic acids is 1. The molecule has 0 bridgehead atoms. The number of unbranched alkanes of at least 4 members (excludes halogenated alkanes) is 10. The van der Waals surface area contributed by atoms with Crippen LogP contribution in [-0.2, 0) is 19.0 Å². The maximum absolute atomic E-state index is 11.9. The number of ketones is 1. The van der Waals surface area contributed by atoms with Crippen LogP contribution in [0.1, 0.15) is 104 Å². The predicted octanol–water partition coefficient (Wildman–Crippen LogP) is 6.37. The Hall–Kier alpha value is -0.710. The Kier molecular flexibility index (Phi) is 14.6. The van der Waals surface area contributed by atoms with Crippen molar-refractivity contribution >= 4 is 5.78 Å². The molecule has 1 saturated heterocycles. The second-order valence-corrected chi connectivity index (χ2v) is 8.47. The summed E-state index contributed by atoms with van der Waals surface area (Å²) < 4.78 is 16.8. The highest BCUT2D eigenvalue weighted by atomic mass is 16.7. The first-order valence-corrected chi connectivity index (χ1v) is 11.6. The van der Waals surface area contributed by atoms with Crippen LogP contribution in [0.4, 0.5) is 0 Å². The predicted molar refractivity (Wildman–Crippen MR) is 116 cm³/mol. The molecule has 164 valence electrons. The fourth-order valence-corrected chi connectivity index (χ4v) is 3.45. The lowest BCUT2D eigenvalue weighted by molar-refractivity contribution is -0.145. The van der Waals surface area contributed by atoms with E-state index < -0.39 is 5.79 Å². The Labute approximate surface area is 173 Å². The highest BCUT2D eigenvalue weighted by molar-refractivity contribution is 5.89. The van der Waals surface area contributed by atoms with Gasteiger partial charge in [0.25, 0.3) is 0 Å². The van der Waals surface area contributed by atoms with E-state index in [1.807, 2.05) is 19.9 Å². The third kappa shape index (κ3) is 14.3. The Bertz CT molecular complexity index is 417. The van der Waals surface area contributed by atoms with E-state index in [0.717, 1.165) is 19.3 Å². The monoisotopic (exact) mass is 396 g/mol. The minimum atomic E-state index is -0.481. The molecule has 1 heterocycles. The first-order valence-electron chi connectivity index (χ1n) is 11.6. The lowest BCUT2D eigenvalue weighted by Crippen LogP contribution is -2.24. The van der Waals surface area contributed by atoms with Crippen molar-refractivity contribution in [2.45, 2.75) is 116 Å². The molecule has 0 unspecified atom stereocenters. The minimum absolute atomic E-state index is 0.0353. The minimum Gasteiger partial charge on any atom is -0.379 e. The normalized spacial score (nSPS) is 18.9. The molecular formula is C24H44O4. The van der Waals surface area contributed by atoms with E-state index in [4.69, 9.17) is 14.2 Å². The van der Waals surface area contributed by atoms with Gasteiger partial charge in [0, 0.05) is 13.0 Å². The molecule has 4 heteroatoms. The van der Waals surface area contributed by atoms with Gasteiger partial charge in [0.05, 0.1) is 13.2 Å². The SMILES string of the molecule is CCCCCCCCCCCCC(=O)/C=C/CCCOC[C@H]1COC(C)(C)O1. The van der Waals surface area contributed by atoms with Gasteiger partial charge in [-0.2, -0.15) is 0 Å². The lowest BCUT2D eigenvalue weighted by Gasteiger charge is -2.16. The van der Waals surface area contributed by atoms with Gasteiger partial charge in [0.2, 0.25) is 0 Å². The second-order valence-electron chi connectivity index (χ2n) is 8.47. The Morgan fingerprint density at radius 1 is 1.00 bits per heavy atom. The van der Waals surface area contributed by atoms with Crippen LogP contribution in [0.25, 0.3) is 0 Å². The van der Waals surface area contributed by atoms with Crippen LogP contribution in [0, 0.1) is 0 Å². The summed E-state index contributed by atoms with van der Waals surface area (Å²) >= 11 is 0. The molecule has 0 aromatic rings. The number of rotatable bonds is 18. The van der Waals surface area contributed by atoms with Crippen molar-refractivity contribution in [3.05, 3.63) is 12.2 Å². The average Bonchev–Trinajstić information content (AvgIpc) is 3.01. The molecule has 0 radical (unpaired) electrons. The smallest absolute Gasteiger partial charge is 0.163 e. The standard InChI is InChI=1S/C24H44O4/c1-4-5-6-7-8-9-10-11-12-14-17-22(25)18-15-13-16-19-26-20-23-21-27-24(2,3)28-23/h15,18,23H,4-14,16-17,19-21H2,1-3H3/b18-15+/t23-/m0/s1. The van der Waals surface area contributed by atoms with Gasteiger partial charge in [-0.15, -0.1) is 0 Å². The molecule has 1 atom stereocenters. The molecule has 1 fully saturated rings. The summed E-state index contributed by atoms with van der Waals surface area (Å²) in [6.45, 7) is 7.96. The van der Waals surface area contributed by atoms with Crippen molar-refractivity contribution in [1.29, 1.82) is 0 Å². The van der Waals surface area contributed by atoms with Crippen molar-refractivity contribution in [1.82, 2.24) is 0 Å². The van der Waals surface area contributed by atoms with E-state index >= 15 is 0 Å². The number of carbonyl (C=O) groups is 1. The van der Waals surface area contributed by atoms with Crippen LogP contribution in [-0.4, -0.2) is 37.5 Å². The molecule has 4 nitrogen and oxygen atoms in total. The van der Waals surface area contributed by atoms with Gasteiger partial charge in [-0.25, -0.2) is 0 Å². The van der Waals surface area contributed by atoms with Crippen molar-refractivity contribution in [3.8, 4) is 0 Å². The number of hydrogen-bond acceptors (Lipinski definition) is 4. The maximum Gasteiger partial charge on any atom is 0.163 e. The quantitative estimate of drug-likeness (QED) is 0.199. The zero-order chi connectivity index (χ0) is 20.5. The van der Waals surface area contributed by atoms with E-state index in [2.05, 4.69) is 6.92 Å². The molecule has 0 aromatic carbocycles. The molecule has 0 aromatic heterocycles. The van der Waals surface area contributed by atoms with Crippen molar-refractivity contribution in [2.75, 3.05) is 19.8 Å². The highest BCUT2D eigenvalue weighted by Crippen LogP contribution is 2.22. The largest absolute Gasteiger partial charge is 0.379 e. The Morgan fingerprint density at radius 2 is 1.64 bits per heavy atom. The third-order valence-electron chi connectivity index (χ3n) is 5.11. The lowest BCUT2D eigenvalue weighted by atomic mass is 10.0. The summed E-state index contributed by atoms with van der Waals surface area (Å²) in [5.74, 6) is -0.218. The zero-order valence-corrected chi connectivity index (χ0v) is 18.7. The Morgan fingerprint density at radius 3 is 2.25 bits per heavy atom. The molecule has 0 amide bonds. The molecule has 0 N–H and O–H groups in total. The molecular weight excluding hydrogens is 352 g/mol. The molecule has 1 rings (SSSR count). The first-order chi connectivity index (χ1) is 13.5. The van der Waals surface area contributed by atoms with E-state index in [-0.39, 0.29) is 11.9 Å². The van der Waals surface area contributed by atoms with Crippen LogP contribution < -0.4 is 0 Å². The van der Waals surface area contributed by atoms with Crippen LogP contribution in [0.15, 0.2) is 12.2 Å². The Balaban J connectivity index is 1.83. The van der Waals surface area contributed by atoms with E-state index in [0.29, 0.717) is 26.2 Å². The summed E-state index contributed by atoms with van der Waals surface area (Å²) in [6, 6.07) is 0. The van der Waals surface area contributed by atoms with Gasteiger partial charge in [0.1, 0.15) is 6.10 Å². The average molecular weight is 397 g/mol. The van der Waals surface area contributed by atoms with Gasteiger partial charge in [-0.05, 0) is 39.2 Å². The number of hydrogen-bond donors (Lipinski definition) is 0. The van der Waals surface area contributed by atoms with Crippen molar-refractivity contribution in [3.63, 3.8) is 0 Å². The van der Waals surface area contributed by atoms with Crippen LogP contribution in [0.3, 0.4) is 0 Å². The van der Waals surface area contributed by atoms with Crippen LogP contribution >= 0.6 is 0 Å². The van der Waals surface area contributed by atoms with E-state index in [9.17, 15) is 4.79 Å². The van der Waals surface area contributed by atoms with Gasteiger partial charge in [0.15, 0.2) is 11.6 Å². The highest BCUT2D eigenvalue weighted by Gasteiger charge is 2.32. The van der Waals surface area contributed by atoms with Gasteiger partial charge < -0.3 is 14.2 Å². The van der Waals surface area contributed by atoms with Gasteiger partial charge in [-0.1, -0.05) is 70.8 Å².